The molecule has 1 aromatic rings. The molecule has 1 aromatic heterocycles. The molecule has 0 amide bonds. The van der Waals surface area contributed by atoms with Gasteiger partial charge in [-0.25, -0.2) is 0 Å². The van der Waals surface area contributed by atoms with Crippen LogP contribution in [0.3, 0.4) is 0 Å². The molecular weight excluding hydrogens is 212 g/mol. The first-order valence-corrected chi connectivity index (χ1v) is 6.59. The molecule has 0 radical (unpaired) electrons. The van der Waals surface area contributed by atoms with E-state index in [1.54, 1.807) is 0 Å². The third-order valence-corrected chi connectivity index (χ3v) is 3.42. The van der Waals surface area contributed by atoms with Crippen molar-refractivity contribution < 1.29 is 5.11 Å². The highest BCUT2D eigenvalue weighted by atomic mass is 16.3. The molecule has 0 spiro atoms. The van der Waals surface area contributed by atoms with Crippen molar-refractivity contribution in [1.82, 2.24) is 9.78 Å². The lowest BCUT2D eigenvalue weighted by Crippen LogP contribution is -2.12. The standard InChI is InChI=1S/C14H26N2O/c1-10(2)7-6-8-13(17)9-14-11(3)15-16(5)12(14)4/h10,13,17H,6-9H2,1-5H3. The summed E-state index contributed by atoms with van der Waals surface area (Å²) < 4.78 is 1.89. The Morgan fingerprint density at radius 3 is 2.35 bits per heavy atom. The van der Waals surface area contributed by atoms with Crippen LogP contribution in [0.2, 0.25) is 0 Å². The van der Waals surface area contributed by atoms with Gasteiger partial charge in [0.25, 0.3) is 0 Å². The molecule has 3 nitrogen and oxygen atoms in total. The molecule has 1 N–H and O–H groups in total. The molecule has 0 aliphatic heterocycles. The maximum Gasteiger partial charge on any atom is 0.0629 e. The number of aliphatic hydroxyl groups is 1. The van der Waals surface area contributed by atoms with E-state index in [1.807, 2.05) is 18.7 Å². The first kappa shape index (κ1) is 14.2. The van der Waals surface area contributed by atoms with Gasteiger partial charge < -0.3 is 5.11 Å². The summed E-state index contributed by atoms with van der Waals surface area (Å²) >= 11 is 0. The second kappa shape index (κ2) is 6.20. The highest BCUT2D eigenvalue weighted by Gasteiger charge is 2.13. The monoisotopic (exact) mass is 238 g/mol. The van der Waals surface area contributed by atoms with Gasteiger partial charge in [-0.1, -0.05) is 26.7 Å². The van der Waals surface area contributed by atoms with Gasteiger partial charge in [-0.05, 0) is 31.7 Å². The van der Waals surface area contributed by atoms with Gasteiger partial charge in [-0.15, -0.1) is 0 Å². The molecule has 1 atom stereocenters. The summed E-state index contributed by atoms with van der Waals surface area (Å²) in [4.78, 5) is 0. The molecule has 0 aliphatic carbocycles. The van der Waals surface area contributed by atoms with Gasteiger partial charge in [0.15, 0.2) is 0 Å². The number of hydrogen-bond acceptors (Lipinski definition) is 2. The molecule has 1 heterocycles. The number of aliphatic hydroxyl groups excluding tert-OH is 1. The Kier molecular flexibility index (Phi) is 5.19. The average molecular weight is 238 g/mol. The summed E-state index contributed by atoms with van der Waals surface area (Å²) in [5, 5.41) is 14.4. The Morgan fingerprint density at radius 1 is 1.24 bits per heavy atom. The van der Waals surface area contributed by atoms with Gasteiger partial charge in [0.05, 0.1) is 11.8 Å². The number of nitrogens with zero attached hydrogens (tertiary/aromatic N) is 2. The molecule has 1 rings (SSSR count). The highest BCUT2D eigenvalue weighted by Crippen LogP contribution is 2.17. The second-order valence-corrected chi connectivity index (χ2v) is 5.46. The van der Waals surface area contributed by atoms with Crippen molar-refractivity contribution in [2.45, 2.75) is 59.5 Å². The number of rotatable bonds is 6. The van der Waals surface area contributed by atoms with Crippen LogP contribution in [0.25, 0.3) is 0 Å². The van der Waals surface area contributed by atoms with E-state index >= 15 is 0 Å². The molecule has 0 bridgehead atoms. The molecule has 0 saturated heterocycles. The van der Waals surface area contributed by atoms with Crippen molar-refractivity contribution in [2.75, 3.05) is 0 Å². The van der Waals surface area contributed by atoms with Crippen molar-refractivity contribution in [1.29, 1.82) is 0 Å². The zero-order valence-corrected chi connectivity index (χ0v) is 11.8. The number of hydrogen-bond donors (Lipinski definition) is 1. The molecule has 0 aliphatic rings. The van der Waals surface area contributed by atoms with Gasteiger partial charge in [0, 0.05) is 19.2 Å². The maximum absolute atomic E-state index is 10.0. The molecule has 0 aromatic carbocycles. The fourth-order valence-corrected chi connectivity index (χ4v) is 2.21. The Bertz CT molecular complexity index is 355. The van der Waals surface area contributed by atoms with Crippen LogP contribution in [0, 0.1) is 19.8 Å². The predicted octanol–water partition coefficient (Wildman–Crippen LogP) is 2.77. The maximum atomic E-state index is 10.0. The summed E-state index contributed by atoms with van der Waals surface area (Å²) in [7, 11) is 1.96. The minimum atomic E-state index is -0.227. The van der Waals surface area contributed by atoms with Crippen LogP contribution in [-0.4, -0.2) is 21.0 Å². The first-order chi connectivity index (χ1) is 7.91. The Morgan fingerprint density at radius 2 is 1.88 bits per heavy atom. The van der Waals surface area contributed by atoms with E-state index in [4.69, 9.17) is 0 Å². The van der Waals surface area contributed by atoms with Gasteiger partial charge in [0.1, 0.15) is 0 Å². The SMILES string of the molecule is Cc1nn(C)c(C)c1CC(O)CCCC(C)C. The molecule has 0 fully saturated rings. The van der Waals surface area contributed by atoms with Crippen LogP contribution in [0.4, 0.5) is 0 Å². The molecule has 98 valence electrons. The van der Waals surface area contributed by atoms with Crippen LogP contribution in [0.1, 0.15) is 50.1 Å². The lowest BCUT2D eigenvalue weighted by Gasteiger charge is -2.11. The predicted molar refractivity (Wildman–Crippen MR) is 71.1 cm³/mol. The second-order valence-electron chi connectivity index (χ2n) is 5.46. The van der Waals surface area contributed by atoms with Gasteiger partial charge in [0.2, 0.25) is 0 Å². The molecule has 3 heteroatoms. The quantitative estimate of drug-likeness (QED) is 0.827. The van der Waals surface area contributed by atoms with Crippen LogP contribution in [-0.2, 0) is 13.5 Å². The van der Waals surface area contributed by atoms with E-state index in [9.17, 15) is 5.11 Å². The highest BCUT2D eigenvalue weighted by molar-refractivity contribution is 5.24. The number of aryl methyl sites for hydroxylation is 2. The smallest absolute Gasteiger partial charge is 0.0629 e. The van der Waals surface area contributed by atoms with E-state index < -0.39 is 0 Å². The van der Waals surface area contributed by atoms with Crippen LogP contribution in [0.5, 0.6) is 0 Å². The fraction of sp³-hybridized carbons (Fsp3) is 0.786. The van der Waals surface area contributed by atoms with E-state index in [-0.39, 0.29) is 6.10 Å². The third kappa shape index (κ3) is 4.15. The van der Waals surface area contributed by atoms with Crippen molar-refractivity contribution in [3.63, 3.8) is 0 Å². The normalized spacial score (nSPS) is 13.4. The summed E-state index contributed by atoms with van der Waals surface area (Å²) in [5.41, 5.74) is 3.43. The molecule has 1 unspecified atom stereocenters. The topological polar surface area (TPSA) is 38.0 Å². The minimum absolute atomic E-state index is 0.227. The van der Waals surface area contributed by atoms with Crippen molar-refractivity contribution in [3.05, 3.63) is 17.0 Å². The van der Waals surface area contributed by atoms with E-state index in [2.05, 4.69) is 25.9 Å². The zero-order chi connectivity index (χ0) is 13.0. The van der Waals surface area contributed by atoms with Crippen molar-refractivity contribution >= 4 is 0 Å². The lowest BCUT2D eigenvalue weighted by atomic mass is 9.99. The van der Waals surface area contributed by atoms with Crippen LogP contribution in [0.15, 0.2) is 0 Å². The summed E-state index contributed by atoms with van der Waals surface area (Å²) in [6.07, 6.45) is 3.71. The van der Waals surface area contributed by atoms with E-state index in [0.717, 1.165) is 30.9 Å². The minimum Gasteiger partial charge on any atom is -0.393 e. The Balaban J connectivity index is 2.47. The van der Waals surface area contributed by atoms with Crippen LogP contribution < -0.4 is 0 Å². The van der Waals surface area contributed by atoms with Gasteiger partial charge >= 0.3 is 0 Å². The summed E-state index contributed by atoms with van der Waals surface area (Å²) in [6.45, 7) is 8.53. The lowest BCUT2D eigenvalue weighted by molar-refractivity contribution is 0.159. The summed E-state index contributed by atoms with van der Waals surface area (Å²) in [6, 6.07) is 0. The average Bonchev–Trinajstić information content (AvgIpc) is 2.44. The van der Waals surface area contributed by atoms with Gasteiger partial charge in [-0.3, -0.25) is 4.68 Å². The Labute approximate surface area is 105 Å². The third-order valence-electron chi connectivity index (χ3n) is 3.42. The van der Waals surface area contributed by atoms with Crippen molar-refractivity contribution in [3.8, 4) is 0 Å². The summed E-state index contributed by atoms with van der Waals surface area (Å²) in [5.74, 6) is 0.726. The van der Waals surface area contributed by atoms with Gasteiger partial charge in [-0.2, -0.15) is 5.10 Å². The first-order valence-electron chi connectivity index (χ1n) is 6.59. The Hall–Kier alpha value is -0.830. The van der Waals surface area contributed by atoms with E-state index in [1.165, 1.54) is 17.7 Å². The fourth-order valence-electron chi connectivity index (χ4n) is 2.21. The zero-order valence-electron chi connectivity index (χ0n) is 11.8. The largest absolute Gasteiger partial charge is 0.393 e. The molecule has 17 heavy (non-hydrogen) atoms. The van der Waals surface area contributed by atoms with E-state index in [0.29, 0.717) is 0 Å². The van der Waals surface area contributed by atoms with Crippen LogP contribution >= 0.6 is 0 Å². The molecular formula is C14H26N2O. The van der Waals surface area contributed by atoms with Crippen molar-refractivity contribution in [2.24, 2.45) is 13.0 Å². The molecule has 0 saturated carbocycles. The number of aromatic nitrogens is 2.